The van der Waals surface area contributed by atoms with Gasteiger partial charge in [0.15, 0.2) is 0 Å². The maximum Gasteiger partial charge on any atom is 0.240 e. The second-order valence-corrected chi connectivity index (χ2v) is 6.71. The highest BCUT2D eigenvalue weighted by molar-refractivity contribution is 7.16. The molecule has 3 nitrogen and oxygen atoms in total. The predicted octanol–water partition coefficient (Wildman–Crippen LogP) is 3.28. The van der Waals surface area contributed by atoms with Gasteiger partial charge in [-0.05, 0) is 38.4 Å². The van der Waals surface area contributed by atoms with Crippen LogP contribution < -0.4 is 5.32 Å². The van der Waals surface area contributed by atoms with Gasteiger partial charge in [-0.25, -0.2) is 0 Å². The summed E-state index contributed by atoms with van der Waals surface area (Å²) in [4.78, 5) is 15.6. The number of amides is 1. The van der Waals surface area contributed by atoms with Crippen LogP contribution in [0.5, 0.6) is 0 Å². The minimum absolute atomic E-state index is 0.00196. The Labute approximate surface area is 123 Å². The largest absolute Gasteiger partial charge is 0.336 e. The van der Waals surface area contributed by atoms with Gasteiger partial charge < -0.3 is 10.2 Å². The number of nitrogens with zero attached hydrogens (tertiary/aromatic N) is 1. The minimum atomic E-state index is -0.00196. The number of hydrogen-bond donors (Lipinski definition) is 1. The second kappa shape index (κ2) is 7.27. The molecule has 0 bridgehead atoms. The van der Waals surface area contributed by atoms with E-state index in [1.165, 1.54) is 12.8 Å². The number of rotatable bonds is 4. The Morgan fingerprint density at radius 3 is 3.00 bits per heavy atom. The van der Waals surface area contributed by atoms with Gasteiger partial charge >= 0.3 is 0 Å². The fraction of sp³-hybridized carbons (Fsp3) is 0.643. The molecule has 0 radical (unpaired) electrons. The van der Waals surface area contributed by atoms with E-state index in [2.05, 4.69) is 5.32 Å². The molecule has 5 heteroatoms. The number of likely N-dealkylation sites (N-methyl/N-ethyl adjacent to an activating group) is 1. The van der Waals surface area contributed by atoms with Crippen LogP contribution in [-0.2, 0) is 11.3 Å². The van der Waals surface area contributed by atoms with E-state index in [1.54, 1.807) is 11.3 Å². The molecular formula is C14H21ClN2OS. The lowest BCUT2D eigenvalue weighted by Crippen LogP contribution is -2.45. The molecule has 2 heterocycles. The van der Waals surface area contributed by atoms with Crippen LogP contribution in [0.15, 0.2) is 12.1 Å². The summed E-state index contributed by atoms with van der Waals surface area (Å²) < 4.78 is 0.783. The Bertz CT molecular complexity index is 413. The Kier molecular flexibility index (Phi) is 5.67. The average Bonchev–Trinajstić information content (AvgIpc) is 2.68. The number of halogens is 1. The normalized spacial score (nSPS) is 20.0. The monoisotopic (exact) mass is 300 g/mol. The third kappa shape index (κ3) is 4.20. The SMILES string of the molecule is CCN(Cc1ccc(Cl)s1)C(=O)C1CCCCCN1. The Morgan fingerprint density at radius 2 is 2.32 bits per heavy atom. The van der Waals surface area contributed by atoms with Gasteiger partial charge in [-0.1, -0.05) is 24.4 Å². The molecule has 1 N–H and O–H groups in total. The van der Waals surface area contributed by atoms with Crippen LogP contribution in [0.3, 0.4) is 0 Å². The predicted molar refractivity (Wildman–Crippen MR) is 80.7 cm³/mol. The molecule has 1 aliphatic rings. The first kappa shape index (κ1) is 14.8. The van der Waals surface area contributed by atoms with Crippen molar-refractivity contribution in [2.45, 2.75) is 45.2 Å². The molecule has 0 spiro atoms. The van der Waals surface area contributed by atoms with E-state index in [-0.39, 0.29) is 11.9 Å². The maximum absolute atomic E-state index is 12.5. The first-order valence-electron chi connectivity index (χ1n) is 6.97. The zero-order valence-corrected chi connectivity index (χ0v) is 12.9. The molecule has 19 heavy (non-hydrogen) atoms. The molecule has 1 fully saturated rings. The van der Waals surface area contributed by atoms with E-state index in [9.17, 15) is 4.79 Å². The summed E-state index contributed by atoms with van der Waals surface area (Å²) in [5.41, 5.74) is 0. The first-order valence-corrected chi connectivity index (χ1v) is 8.16. The van der Waals surface area contributed by atoms with Gasteiger partial charge in [0.2, 0.25) is 5.91 Å². The van der Waals surface area contributed by atoms with Crippen molar-refractivity contribution in [3.05, 3.63) is 21.3 Å². The van der Waals surface area contributed by atoms with Crippen LogP contribution in [0.4, 0.5) is 0 Å². The lowest BCUT2D eigenvalue weighted by Gasteiger charge is -2.25. The zero-order valence-electron chi connectivity index (χ0n) is 11.3. The summed E-state index contributed by atoms with van der Waals surface area (Å²) in [6, 6.07) is 3.89. The van der Waals surface area contributed by atoms with E-state index >= 15 is 0 Å². The van der Waals surface area contributed by atoms with Gasteiger partial charge in [-0.3, -0.25) is 4.79 Å². The van der Waals surface area contributed by atoms with Crippen molar-refractivity contribution in [2.75, 3.05) is 13.1 Å². The molecule has 0 saturated carbocycles. The van der Waals surface area contributed by atoms with Crippen LogP contribution in [-0.4, -0.2) is 29.9 Å². The molecule has 1 atom stereocenters. The molecule has 1 saturated heterocycles. The minimum Gasteiger partial charge on any atom is -0.336 e. The molecule has 1 aromatic rings. The van der Waals surface area contributed by atoms with Gasteiger partial charge in [0.25, 0.3) is 0 Å². The number of carbonyl (C=O) groups is 1. The average molecular weight is 301 g/mol. The molecule has 0 aliphatic carbocycles. The summed E-state index contributed by atoms with van der Waals surface area (Å²) in [5, 5.41) is 3.37. The van der Waals surface area contributed by atoms with Gasteiger partial charge in [-0.15, -0.1) is 11.3 Å². The number of thiophene rings is 1. The lowest BCUT2D eigenvalue weighted by molar-refractivity contribution is -0.133. The highest BCUT2D eigenvalue weighted by Crippen LogP contribution is 2.23. The molecular weight excluding hydrogens is 280 g/mol. The van der Waals surface area contributed by atoms with Crippen LogP contribution in [0, 0.1) is 0 Å². The van der Waals surface area contributed by atoms with Crippen LogP contribution in [0.1, 0.15) is 37.5 Å². The third-order valence-corrected chi connectivity index (χ3v) is 4.74. The van der Waals surface area contributed by atoms with Crippen molar-refractivity contribution in [3.8, 4) is 0 Å². The van der Waals surface area contributed by atoms with Crippen molar-refractivity contribution >= 4 is 28.8 Å². The summed E-state index contributed by atoms with van der Waals surface area (Å²) in [6.45, 7) is 4.40. The fourth-order valence-electron chi connectivity index (χ4n) is 2.43. The zero-order chi connectivity index (χ0) is 13.7. The van der Waals surface area contributed by atoms with E-state index in [0.29, 0.717) is 6.54 Å². The second-order valence-electron chi connectivity index (χ2n) is 4.91. The van der Waals surface area contributed by atoms with Crippen LogP contribution in [0.25, 0.3) is 0 Å². The summed E-state index contributed by atoms with van der Waals surface area (Å²) in [7, 11) is 0. The molecule has 1 unspecified atom stereocenters. The molecule has 1 amide bonds. The highest BCUT2D eigenvalue weighted by Gasteiger charge is 2.24. The van der Waals surface area contributed by atoms with Crippen LogP contribution >= 0.6 is 22.9 Å². The molecule has 106 valence electrons. The van der Waals surface area contributed by atoms with E-state index in [4.69, 9.17) is 11.6 Å². The third-order valence-electron chi connectivity index (χ3n) is 3.53. The van der Waals surface area contributed by atoms with Crippen molar-refractivity contribution in [2.24, 2.45) is 0 Å². The molecule has 0 aromatic carbocycles. The van der Waals surface area contributed by atoms with Gasteiger partial charge in [0.05, 0.1) is 16.9 Å². The summed E-state index contributed by atoms with van der Waals surface area (Å²) >= 11 is 7.49. The van der Waals surface area contributed by atoms with E-state index < -0.39 is 0 Å². The molecule has 2 rings (SSSR count). The van der Waals surface area contributed by atoms with Crippen molar-refractivity contribution in [1.29, 1.82) is 0 Å². The molecule has 1 aliphatic heterocycles. The first-order chi connectivity index (χ1) is 9.20. The van der Waals surface area contributed by atoms with Crippen molar-refractivity contribution in [1.82, 2.24) is 10.2 Å². The number of nitrogens with one attached hydrogen (secondary N) is 1. The standard InChI is InChI=1S/C14H21ClN2OS/c1-2-17(10-11-7-8-13(15)19-11)14(18)12-6-4-3-5-9-16-12/h7-8,12,16H,2-6,9-10H2,1H3. The summed E-state index contributed by atoms with van der Waals surface area (Å²) in [6.07, 6.45) is 4.51. The smallest absolute Gasteiger partial charge is 0.240 e. The maximum atomic E-state index is 12.5. The van der Waals surface area contributed by atoms with Gasteiger partial charge in [-0.2, -0.15) is 0 Å². The topological polar surface area (TPSA) is 32.3 Å². The lowest BCUT2D eigenvalue weighted by atomic mass is 10.1. The van der Waals surface area contributed by atoms with E-state index in [1.807, 2.05) is 24.0 Å². The summed E-state index contributed by atoms with van der Waals surface area (Å²) in [5.74, 6) is 0.230. The van der Waals surface area contributed by atoms with Crippen molar-refractivity contribution in [3.63, 3.8) is 0 Å². The Hall–Kier alpha value is -0.580. The Morgan fingerprint density at radius 1 is 1.47 bits per heavy atom. The number of hydrogen-bond acceptors (Lipinski definition) is 3. The van der Waals surface area contributed by atoms with Crippen LogP contribution in [0.2, 0.25) is 4.34 Å². The quantitative estimate of drug-likeness (QED) is 0.925. The fourth-order valence-corrected chi connectivity index (χ4v) is 3.53. The van der Waals surface area contributed by atoms with Gasteiger partial charge in [0, 0.05) is 11.4 Å². The highest BCUT2D eigenvalue weighted by atomic mass is 35.5. The molecule has 1 aromatic heterocycles. The van der Waals surface area contributed by atoms with E-state index in [0.717, 1.165) is 35.1 Å². The van der Waals surface area contributed by atoms with Crippen molar-refractivity contribution < 1.29 is 4.79 Å². The van der Waals surface area contributed by atoms with Gasteiger partial charge in [0.1, 0.15) is 0 Å². The Balaban J connectivity index is 1.97. The number of carbonyl (C=O) groups excluding carboxylic acids is 1.